The summed E-state index contributed by atoms with van der Waals surface area (Å²) in [5, 5.41) is 0. The van der Waals surface area contributed by atoms with Crippen LogP contribution in [0.3, 0.4) is 0 Å². The van der Waals surface area contributed by atoms with Crippen molar-refractivity contribution in [3.05, 3.63) is 18.2 Å². The van der Waals surface area contributed by atoms with Crippen LogP contribution in [-0.4, -0.2) is 22.1 Å². The summed E-state index contributed by atoms with van der Waals surface area (Å²) in [5.74, 6) is -0.461. The highest BCUT2D eigenvalue weighted by Gasteiger charge is 2.22. The second-order valence-electron chi connectivity index (χ2n) is 4.14. The lowest BCUT2D eigenvalue weighted by Gasteiger charge is -2.21. The van der Waals surface area contributed by atoms with Gasteiger partial charge in [-0.15, -0.1) is 0 Å². The minimum atomic E-state index is -0.461. The van der Waals surface area contributed by atoms with Gasteiger partial charge in [0.1, 0.15) is 6.10 Å². The Labute approximate surface area is 94.0 Å². The molecule has 1 aromatic heterocycles. The standard InChI is InChI=1S/C11H16FN3O/c12-8-6-14-11(15-7-8)16-10-5-3-1-2-4-9(10)13/h6-7,9-10H,1-5,13H2. The molecular weight excluding hydrogens is 209 g/mol. The van der Waals surface area contributed by atoms with Crippen LogP contribution in [0.15, 0.2) is 12.4 Å². The maximum Gasteiger partial charge on any atom is 0.316 e. The van der Waals surface area contributed by atoms with Crippen molar-refractivity contribution in [2.45, 2.75) is 44.2 Å². The molecule has 0 aliphatic heterocycles. The number of hydrogen-bond acceptors (Lipinski definition) is 4. The summed E-state index contributed by atoms with van der Waals surface area (Å²) in [6, 6.07) is 0.236. The Kier molecular flexibility index (Phi) is 3.66. The van der Waals surface area contributed by atoms with Crippen molar-refractivity contribution in [3.8, 4) is 6.01 Å². The van der Waals surface area contributed by atoms with Gasteiger partial charge < -0.3 is 10.5 Å². The molecule has 1 aliphatic rings. The van der Waals surface area contributed by atoms with Crippen LogP contribution < -0.4 is 10.5 Å². The van der Waals surface area contributed by atoms with Gasteiger partial charge in [0.25, 0.3) is 0 Å². The van der Waals surface area contributed by atoms with Crippen molar-refractivity contribution in [2.75, 3.05) is 0 Å². The molecule has 2 rings (SSSR count). The first-order valence-electron chi connectivity index (χ1n) is 5.65. The number of rotatable bonds is 2. The SMILES string of the molecule is NC1CCCCCC1Oc1ncc(F)cn1. The first-order valence-corrected chi connectivity index (χ1v) is 5.65. The van der Waals surface area contributed by atoms with Crippen LogP contribution in [0.1, 0.15) is 32.1 Å². The fraction of sp³-hybridized carbons (Fsp3) is 0.636. The van der Waals surface area contributed by atoms with Crippen LogP contribution in [0.4, 0.5) is 4.39 Å². The van der Waals surface area contributed by atoms with Gasteiger partial charge >= 0.3 is 6.01 Å². The molecule has 0 radical (unpaired) electrons. The molecule has 16 heavy (non-hydrogen) atoms. The molecule has 0 bridgehead atoms. The van der Waals surface area contributed by atoms with E-state index in [9.17, 15) is 4.39 Å². The van der Waals surface area contributed by atoms with Gasteiger partial charge in [0.2, 0.25) is 0 Å². The van der Waals surface area contributed by atoms with E-state index in [2.05, 4.69) is 9.97 Å². The van der Waals surface area contributed by atoms with Crippen LogP contribution in [0.5, 0.6) is 6.01 Å². The lowest BCUT2D eigenvalue weighted by Crippen LogP contribution is -2.38. The Morgan fingerprint density at radius 2 is 1.88 bits per heavy atom. The van der Waals surface area contributed by atoms with Gasteiger partial charge in [0.15, 0.2) is 5.82 Å². The second-order valence-corrected chi connectivity index (χ2v) is 4.14. The molecule has 1 fully saturated rings. The third kappa shape index (κ3) is 2.88. The molecule has 1 aromatic rings. The molecule has 2 unspecified atom stereocenters. The Balaban J connectivity index is 1.99. The number of ether oxygens (including phenoxy) is 1. The minimum absolute atomic E-state index is 0.0242. The van der Waals surface area contributed by atoms with E-state index in [-0.39, 0.29) is 18.2 Å². The third-order valence-electron chi connectivity index (χ3n) is 2.86. The average Bonchev–Trinajstić information content (AvgIpc) is 2.48. The lowest BCUT2D eigenvalue weighted by molar-refractivity contribution is 0.148. The lowest BCUT2D eigenvalue weighted by atomic mass is 10.1. The fourth-order valence-electron chi connectivity index (χ4n) is 1.95. The summed E-state index contributed by atoms with van der Waals surface area (Å²) >= 11 is 0. The zero-order chi connectivity index (χ0) is 11.4. The summed E-state index contributed by atoms with van der Waals surface area (Å²) in [6.07, 6.45) is 7.49. The van der Waals surface area contributed by atoms with E-state index < -0.39 is 5.82 Å². The first kappa shape index (κ1) is 11.3. The monoisotopic (exact) mass is 225 g/mol. The van der Waals surface area contributed by atoms with Gasteiger partial charge in [-0.2, -0.15) is 0 Å². The summed E-state index contributed by atoms with van der Waals surface area (Å²) in [7, 11) is 0. The normalized spacial score (nSPS) is 26.1. The Bertz CT molecular complexity index is 331. The van der Waals surface area contributed by atoms with Gasteiger partial charge in [-0.1, -0.05) is 12.8 Å². The largest absolute Gasteiger partial charge is 0.458 e. The van der Waals surface area contributed by atoms with E-state index in [1.165, 1.54) is 6.42 Å². The molecule has 0 spiro atoms. The molecule has 4 nitrogen and oxygen atoms in total. The van der Waals surface area contributed by atoms with Gasteiger partial charge in [0, 0.05) is 6.04 Å². The molecule has 1 heterocycles. The van der Waals surface area contributed by atoms with E-state index in [1.54, 1.807) is 0 Å². The summed E-state index contributed by atoms with van der Waals surface area (Å²) in [5.41, 5.74) is 6.00. The smallest absolute Gasteiger partial charge is 0.316 e. The van der Waals surface area contributed by atoms with Crippen molar-refractivity contribution >= 4 is 0 Å². The molecule has 1 aliphatic carbocycles. The molecule has 0 saturated heterocycles. The molecule has 2 atom stereocenters. The van der Waals surface area contributed by atoms with E-state index in [0.29, 0.717) is 0 Å². The molecular formula is C11H16FN3O. The van der Waals surface area contributed by atoms with Crippen molar-refractivity contribution in [2.24, 2.45) is 5.73 Å². The highest BCUT2D eigenvalue weighted by Crippen LogP contribution is 2.20. The van der Waals surface area contributed by atoms with Crippen LogP contribution >= 0.6 is 0 Å². The minimum Gasteiger partial charge on any atom is -0.458 e. The van der Waals surface area contributed by atoms with Gasteiger partial charge in [0.05, 0.1) is 12.4 Å². The maximum atomic E-state index is 12.6. The average molecular weight is 225 g/mol. The number of aromatic nitrogens is 2. The van der Waals surface area contributed by atoms with Crippen LogP contribution in [0.2, 0.25) is 0 Å². The molecule has 5 heteroatoms. The third-order valence-corrected chi connectivity index (χ3v) is 2.86. The Morgan fingerprint density at radius 1 is 1.19 bits per heavy atom. The molecule has 2 N–H and O–H groups in total. The molecule has 0 amide bonds. The molecule has 88 valence electrons. The van der Waals surface area contributed by atoms with Crippen molar-refractivity contribution in [3.63, 3.8) is 0 Å². The zero-order valence-electron chi connectivity index (χ0n) is 9.10. The quantitative estimate of drug-likeness (QED) is 0.777. The van der Waals surface area contributed by atoms with Gasteiger partial charge in [-0.25, -0.2) is 14.4 Å². The topological polar surface area (TPSA) is 61.0 Å². The first-order chi connectivity index (χ1) is 7.75. The van der Waals surface area contributed by atoms with Crippen LogP contribution in [-0.2, 0) is 0 Å². The summed E-state index contributed by atoms with van der Waals surface area (Å²) < 4.78 is 18.2. The zero-order valence-corrected chi connectivity index (χ0v) is 9.10. The maximum absolute atomic E-state index is 12.6. The van der Waals surface area contributed by atoms with Crippen molar-refractivity contribution in [1.82, 2.24) is 9.97 Å². The number of hydrogen-bond donors (Lipinski definition) is 1. The Hall–Kier alpha value is -1.23. The van der Waals surface area contributed by atoms with E-state index in [4.69, 9.17) is 10.5 Å². The predicted octanol–water partition coefficient (Wildman–Crippen LogP) is 1.65. The highest BCUT2D eigenvalue weighted by molar-refractivity contribution is 4.97. The van der Waals surface area contributed by atoms with E-state index in [0.717, 1.165) is 38.1 Å². The Morgan fingerprint density at radius 3 is 2.62 bits per heavy atom. The molecule has 0 aromatic carbocycles. The highest BCUT2D eigenvalue weighted by atomic mass is 19.1. The van der Waals surface area contributed by atoms with Crippen molar-refractivity contribution in [1.29, 1.82) is 0 Å². The number of nitrogens with two attached hydrogens (primary N) is 1. The second kappa shape index (κ2) is 5.21. The van der Waals surface area contributed by atoms with Gasteiger partial charge in [-0.05, 0) is 19.3 Å². The van der Waals surface area contributed by atoms with Gasteiger partial charge in [-0.3, -0.25) is 0 Å². The molecule has 1 saturated carbocycles. The van der Waals surface area contributed by atoms with E-state index >= 15 is 0 Å². The van der Waals surface area contributed by atoms with E-state index in [1.807, 2.05) is 0 Å². The summed E-state index contributed by atoms with van der Waals surface area (Å²) in [6.45, 7) is 0. The fourth-order valence-corrected chi connectivity index (χ4v) is 1.95. The predicted molar refractivity (Wildman–Crippen MR) is 57.5 cm³/mol. The number of halogens is 1. The van der Waals surface area contributed by atoms with Crippen LogP contribution in [0, 0.1) is 5.82 Å². The summed E-state index contributed by atoms with van der Waals surface area (Å²) in [4.78, 5) is 7.55. The number of nitrogens with zero attached hydrogens (tertiary/aromatic N) is 2. The van der Waals surface area contributed by atoms with Crippen LogP contribution in [0.25, 0.3) is 0 Å². The van der Waals surface area contributed by atoms with Crippen molar-refractivity contribution < 1.29 is 9.13 Å².